The van der Waals surface area contributed by atoms with E-state index in [2.05, 4.69) is 12.2 Å². The average molecular weight is 382 g/mol. The highest BCUT2D eigenvalue weighted by molar-refractivity contribution is 5.90. The lowest BCUT2D eigenvalue weighted by Gasteiger charge is -2.38. The normalized spacial score (nSPS) is 22.9. The van der Waals surface area contributed by atoms with Crippen molar-refractivity contribution in [1.29, 1.82) is 0 Å². The fraction of sp³-hybridized carbons (Fsp3) is 0.750. The van der Waals surface area contributed by atoms with Gasteiger partial charge in [0.25, 0.3) is 0 Å². The molecule has 154 valence electrons. The highest BCUT2D eigenvalue weighted by Crippen LogP contribution is 2.24. The zero-order valence-electron chi connectivity index (χ0n) is 17.7. The molecule has 0 saturated carbocycles. The van der Waals surface area contributed by atoms with Crippen LogP contribution in [0.2, 0.25) is 0 Å². The van der Waals surface area contributed by atoms with Crippen molar-refractivity contribution in [3.8, 4) is 0 Å². The first-order chi connectivity index (χ1) is 12.3. The van der Waals surface area contributed by atoms with Gasteiger partial charge in [0.2, 0.25) is 11.8 Å². The number of piperidine rings is 1. The van der Waals surface area contributed by atoms with Crippen LogP contribution in [0.25, 0.3) is 0 Å². The van der Waals surface area contributed by atoms with Crippen LogP contribution in [-0.2, 0) is 14.4 Å². The molecular formula is C20H35N3O4. The van der Waals surface area contributed by atoms with Gasteiger partial charge >= 0.3 is 5.97 Å². The number of carboxylic acid groups (broad SMARTS) is 1. The number of hydrogen-bond donors (Lipinski definition) is 2. The quantitative estimate of drug-likeness (QED) is 0.684. The van der Waals surface area contributed by atoms with Gasteiger partial charge in [-0.05, 0) is 44.7 Å². The Kier molecular flexibility index (Phi) is 8.02. The number of nitrogens with one attached hydrogen (secondary N) is 1. The molecule has 3 atom stereocenters. The molecule has 2 N–H and O–H groups in total. The fourth-order valence-corrected chi connectivity index (χ4v) is 3.12. The van der Waals surface area contributed by atoms with Crippen molar-refractivity contribution in [1.82, 2.24) is 15.1 Å². The van der Waals surface area contributed by atoms with Gasteiger partial charge in [0.05, 0.1) is 6.04 Å². The first kappa shape index (κ1) is 23.1. The van der Waals surface area contributed by atoms with Crippen molar-refractivity contribution in [3.05, 3.63) is 11.6 Å². The fourth-order valence-electron chi connectivity index (χ4n) is 3.12. The predicted molar refractivity (Wildman–Crippen MR) is 105 cm³/mol. The Morgan fingerprint density at radius 1 is 1.33 bits per heavy atom. The lowest BCUT2D eigenvalue weighted by Crippen LogP contribution is -2.58. The Balaban J connectivity index is 2.89. The summed E-state index contributed by atoms with van der Waals surface area (Å²) in [4.78, 5) is 40.3. The maximum absolute atomic E-state index is 13.0. The number of nitrogens with zero attached hydrogens (tertiary/aromatic N) is 2. The number of carboxylic acids is 1. The minimum absolute atomic E-state index is 0.122. The molecule has 7 heteroatoms. The zero-order chi connectivity index (χ0) is 20.9. The Morgan fingerprint density at radius 3 is 2.44 bits per heavy atom. The number of likely N-dealkylation sites (N-methyl/N-ethyl adjacent to an activating group) is 2. The van der Waals surface area contributed by atoms with Gasteiger partial charge in [-0.1, -0.05) is 33.8 Å². The standard InChI is InChI=1S/C20H35N3O4/c1-13-8-10-22(6)15(12-13)17(24)21-16(20(3,4)5)18(25)23(7)11-9-14(2)19(26)27/h9,13,15-16H,8,10-12H2,1-7H3,(H,21,24)(H,26,27)/b14-9+. The Labute approximate surface area is 162 Å². The molecule has 0 radical (unpaired) electrons. The van der Waals surface area contributed by atoms with Crippen LogP contribution in [-0.4, -0.2) is 72.0 Å². The molecule has 0 spiro atoms. The second-order valence-electron chi connectivity index (χ2n) is 8.84. The van der Waals surface area contributed by atoms with E-state index in [1.807, 2.05) is 32.7 Å². The summed E-state index contributed by atoms with van der Waals surface area (Å²) < 4.78 is 0. The summed E-state index contributed by atoms with van der Waals surface area (Å²) in [6, 6.07) is -0.912. The molecule has 0 aromatic rings. The van der Waals surface area contributed by atoms with Crippen LogP contribution >= 0.6 is 0 Å². The van der Waals surface area contributed by atoms with Gasteiger partial charge in [0, 0.05) is 19.2 Å². The monoisotopic (exact) mass is 381 g/mol. The highest BCUT2D eigenvalue weighted by atomic mass is 16.4. The van der Waals surface area contributed by atoms with Crippen LogP contribution in [0.1, 0.15) is 47.5 Å². The molecule has 0 aromatic carbocycles. The summed E-state index contributed by atoms with van der Waals surface area (Å²) in [5.74, 6) is -0.877. The summed E-state index contributed by atoms with van der Waals surface area (Å²) in [6.45, 7) is 10.4. The average Bonchev–Trinajstić information content (AvgIpc) is 2.57. The summed E-state index contributed by atoms with van der Waals surface area (Å²) in [7, 11) is 3.56. The Bertz CT molecular complexity index is 595. The van der Waals surface area contributed by atoms with Crippen LogP contribution in [0, 0.1) is 11.3 Å². The molecule has 3 unspecified atom stereocenters. The lowest BCUT2D eigenvalue weighted by atomic mass is 9.85. The van der Waals surface area contributed by atoms with Crippen molar-refractivity contribution in [2.75, 3.05) is 27.2 Å². The molecule has 7 nitrogen and oxygen atoms in total. The number of aliphatic carboxylic acids is 1. The minimum Gasteiger partial charge on any atom is -0.478 e. The number of rotatable bonds is 6. The topological polar surface area (TPSA) is 90.0 Å². The molecule has 27 heavy (non-hydrogen) atoms. The maximum Gasteiger partial charge on any atom is 0.331 e. The van der Waals surface area contributed by atoms with Crippen LogP contribution in [0.3, 0.4) is 0 Å². The van der Waals surface area contributed by atoms with Gasteiger partial charge in [0.1, 0.15) is 6.04 Å². The smallest absolute Gasteiger partial charge is 0.331 e. The molecule has 1 aliphatic heterocycles. The van der Waals surface area contributed by atoms with Crippen molar-refractivity contribution in [2.24, 2.45) is 11.3 Å². The van der Waals surface area contributed by atoms with E-state index >= 15 is 0 Å². The van der Waals surface area contributed by atoms with E-state index in [-0.39, 0.29) is 30.0 Å². The molecule has 0 aliphatic carbocycles. The third kappa shape index (κ3) is 6.65. The number of amides is 2. The predicted octanol–water partition coefficient (Wildman–Crippen LogP) is 1.74. The van der Waals surface area contributed by atoms with E-state index in [9.17, 15) is 14.4 Å². The molecule has 1 aliphatic rings. The van der Waals surface area contributed by atoms with Crippen molar-refractivity contribution in [3.63, 3.8) is 0 Å². The number of likely N-dealkylation sites (tertiary alicyclic amines) is 1. The van der Waals surface area contributed by atoms with Crippen LogP contribution in [0.4, 0.5) is 0 Å². The third-order valence-corrected chi connectivity index (χ3v) is 5.22. The summed E-state index contributed by atoms with van der Waals surface area (Å²) in [6.07, 6.45) is 3.35. The minimum atomic E-state index is -1.01. The lowest BCUT2D eigenvalue weighted by molar-refractivity contribution is -0.140. The Hall–Kier alpha value is -1.89. The van der Waals surface area contributed by atoms with Crippen LogP contribution in [0.5, 0.6) is 0 Å². The summed E-state index contributed by atoms with van der Waals surface area (Å²) in [5.41, 5.74) is -0.283. The molecule has 0 aromatic heterocycles. The first-order valence-electron chi connectivity index (χ1n) is 9.50. The van der Waals surface area contributed by atoms with E-state index in [1.54, 1.807) is 7.05 Å². The number of carbonyl (C=O) groups is 3. The molecule has 1 fully saturated rings. The van der Waals surface area contributed by atoms with Crippen molar-refractivity contribution < 1.29 is 19.5 Å². The number of carbonyl (C=O) groups excluding carboxylic acids is 2. The summed E-state index contributed by atoms with van der Waals surface area (Å²) in [5, 5.41) is 11.9. The first-order valence-corrected chi connectivity index (χ1v) is 9.50. The second kappa shape index (κ2) is 9.35. The molecule has 2 amide bonds. The molecule has 1 rings (SSSR count). The summed E-state index contributed by atoms with van der Waals surface area (Å²) >= 11 is 0. The third-order valence-electron chi connectivity index (χ3n) is 5.22. The second-order valence-corrected chi connectivity index (χ2v) is 8.84. The molecular weight excluding hydrogens is 346 g/mol. The van der Waals surface area contributed by atoms with Crippen molar-refractivity contribution >= 4 is 17.8 Å². The van der Waals surface area contributed by atoms with Crippen molar-refractivity contribution in [2.45, 2.75) is 59.5 Å². The molecule has 1 saturated heterocycles. The van der Waals surface area contributed by atoms with Gasteiger partial charge < -0.3 is 15.3 Å². The Morgan fingerprint density at radius 2 is 1.93 bits per heavy atom. The van der Waals surface area contributed by atoms with Gasteiger partial charge in [-0.3, -0.25) is 14.5 Å². The van der Waals surface area contributed by atoms with E-state index in [1.165, 1.54) is 17.9 Å². The van der Waals surface area contributed by atoms with E-state index in [4.69, 9.17) is 5.11 Å². The van der Waals surface area contributed by atoms with E-state index < -0.39 is 17.4 Å². The molecule has 0 bridgehead atoms. The largest absolute Gasteiger partial charge is 0.478 e. The van der Waals surface area contributed by atoms with Gasteiger partial charge in [0.15, 0.2) is 0 Å². The van der Waals surface area contributed by atoms with Crippen LogP contribution < -0.4 is 5.32 Å². The van der Waals surface area contributed by atoms with Gasteiger partial charge in [-0.2, -0.15) is 0 Å². The van der Waals surface area contributed by atoms with Gasteiger partial charge in [-0.15, -0.1) is 0 Å². The number of hydrogen-bond acceptors (Lipinski definition) is 4. The maximum atomic E-state index is 13.0. The van der Waals surface area contributed by atoms with E-state index in [0.29, 0.717) is 5.92 Å². The SMILES string of the molecule is C/C(=C\CN(C)C(=O)C(NC(=O)C1CC(C)CCN1C)C(C)(C)C)C(=O)O. The van der Waals surface area contributed by atoms with Gasteiger partial charge in [-0.25, -0.2) is 4.79 Å². The highest BCUT2D eigenvalue weighted by Gasteiger charge is 2.37. The molecule has 1 heterocycles. The zero-order valence-corrected chi connectivity index (χ0v) is 17.7. The van der Waals surface area contributed by atoms with E-state index in [0.717, 1.165) is 19.4 Å². The van der Waals surface area contributed by atoms with Crippen LogP contribution in [0.15, 0.2) is 11.6 Å².